The normalized spacial score (nSPS) is 11.5. The molecule has 0 saturated heterocycles. The first-order chi connectivity index (χ1) is 11.4. The van der Waals surface area contributed by atoms with Crippen molar-refractivity contribution in [2.45, 2.75) is 13.0 Å². The van der Waals surface area contributed by atoms with E-state index >= 15 is 0 Å². The molecule has 0 aliphatic carbocycles. The fourth-order valence-electron chi connectivity index (χ4n) is 2.12. The fraction of sp³-hybridized carbons (Fsp3) is 0.235. The number of nitrogens with one attached hydrogen (secondary N) is 2. The Kier molecular flexibility index (Phi) is 5.57. The van der Waals surface area contributed by atoms with Gasteiger partial charge in [0, 0.05) is 6.07 Å². The first-order valence-electron chi connectivity index (χ1n) is 7.19. The van der Waals surface area contributed by atoms with Crippen molar-refractivity contribution >= 4 is 11.7 Å². The maximum atomic E-state index is 13.3. The zero-order chi connectivity index (χ0) is 17.7. The lowest BCUT2D eigenvalue weighted by atomic mass is 10.1. The van der Waals surface area contributed by atoms with Gasteiger partial charge in [-0.25, -0.2) is 13.6 Å². The van der Waals surface area contributed by atoms with Gasteiger partial charge in [0.2, 0.25) is 0 Å². The van der Waals surface area contributed by atoms with Gasteiger partial charge in [-0.1, -0.05) is 6.07 Å². The summed E-state index contributed by atoms with van der Waals surface area (Å²) in [5, 5.41) is 5.29. The first kappa shape index (κ1) is 17.5. The lowest BCUT2D eigenvalue weighted by Gasteiger charge is -2.16. The molecule has 0 spiro atoms. The molecule has 0 bridgehead atoms. The predicted molar refractivity (Wildman–Crippen MR) is 86.5 cm³/mol. The zero-order valence-electron chi connectivity index (χ0n) is 13.5. The molecule has 128 valence electrons. The summed E-state index contributed by atoms with van der Waals surface area (Å²) < 4.78 is 36.5. The van der Waals surface area contributed by atoms with Crippen LogP contribution in [0.1, 0.15) is 18.5 Å². The van der Waals surface area contributed by atoms with Gasteiger partial charge in [-0.05, 0) is 36.8 Å². The van der Waals surface area contributed by atoms with E-state index in [1.165, 1.54) is 20.3 Å². The average molecular weight is 336 g/mol. The highest BCUT2D eigenvalue weighted by Gasteiger charge is 2.14. The monoisotopic (exact) mass is 336 g/mol. The molecule has 2 amide bonds. The van der Waals surface area contributed by atoms with E-state index in [0.29, 0.717) is 22.7 Å². The summed E-state index contributed by atoms with van der Waals surface area (Å²) >= 11 is 0. The second kappa shape index (κ2) is 7.63. The number of amides is 2. The van der Waals surface area contributed by atoms with Crippen molar-refractivity contribution in [3.05, 3.63) is 53.6 Å². The second-order valence-corrected chi connectivity index (χ2v) is 5.06. The van der Waals surface area contributed by atoms with Crippen LogP contribution in [-0.4, -0.2) is 20.3 Å². The van der Waals surface area contributed by atoms with Gasteiger partial charge in [-0.3, -0.25) is 0 Å². The Hall–Kier alpha value is -2.83. The molecule has 0 saturated carbocycles. The molecule has 0 unspecified atom stereocenters. The van der Waals surface area contributed by atoms with E-state index in [1.54, 1.807) is 25.1 Å². The molecule has 2 rings (SSSR count). The number of benzene rings is 2. The highest BCUT2D eigenvalue weighted by atomic mass is 19.2. The van der Waals surface area contributed by atoms with Crippen molar-refractivity contribution in [3.63, 3.8) is 0 Å². The van der Waals surface area contributed by atoms with Crippen LogP contribution >= 0.6 is 0 Å². The van der Waals surface area contributed by atoms with E-state index in [9.17, 15) is 13.6 Å². The minimum Gasteiger partial charge on any atom is -0.497 e. The Morgan fingerprint density at radius 3 is 2.42 bits per heavy atom. The van der Waals surface area contributed by atoms with Gasteiger partial charge < -0.3 is 20.1 Å². The minimum absolute atomic E-state index is 0.435. The number of hydrogen-bond donors (Lipinski definition) is 2. The van der Waals surface area contributed by atoms with Crippen LogP contribution in [0.3, 0.4) is 0 Å². The van der Waals surface area contributed by atoms with Crippen molar-refractivity contribution in [2.75, 3.05) is 19.5 Å². The van der Waals surface area contributed by atoms with Crippen LogP contribution in [0.5, 0.6) is 11.5 Å². The number of carbonyl (C=O) groups is 1. The number of anilines is 1. The van der Waals surface area contributed by atoms with E-state index in [4.69, 9.17) is 9.47 Å². The van der Waals surface area contributed by atoms with Crippen molar-refractivity contribution < 1.29 is 23.0 Å². The Bertz CT molecular complexity index is 738. The molecule has 2 N–H and O–H groups in total. The largest absolute Gasteiger partial charge is 0.497 e. The Balaban J connectivity index is 2.06. The Morgan fingerprint density at radius 1 is 1.04 bits per heavy atom. The minimum atomic E-state index is -0.960. The quantitative estimate of drug-likeness (QED) is 0.871. The molecule has 5 nitrogen and oxygen atoms in total. The summed E-state index contributed by atoms with van der Waals surface area (Å²) in [7, 11) is 3.00. The third-order valence-corrected chi connectivity index (χ3v) is 3.45. The topological polar surface area (TPSA) is 59.6 Å². The van der Waals surface area contributed by atoms with Gasteiger partial charge in [0.1, 0.15) is 11.5 Å². The van der Waals surface area contributed by atoms with Crippen molar-refractivity contribution in [1.82, 2.24) is 5.32 Å². The van der Waals surface area contributed by atoms with E-state index in [2.05, 4.69) is 10.6 Å². The number of ether oxygens (including phenoxy) is 2. The molecule has 0 aliphatic rings. The molecule has 7 heteroatoms. The molecule has 0 aromatic heterocycles. The molecule has 0 heterocycles. The standard InChI is InChI=1S/C17H18F2N2O3/c1-10(11-4-6-13(18)14(19)8-11)20-17(22)21-15-7-5-12(23-2)9-16(15)24-3/h4-10H,1-3H3,(H2,20,21,22)/t10-/m1/s1. The lowest BCUT2D eigenvalue weighted by molar-refractivity contribution is 0.249. The maximum absolute atomic E-state index is 13.3. The molecule has 0 aliphatic heterocycles. The lowest BCUT2D eigenvalue weighted by Crippen LogP contribution is -2.31. The van der Waals surface area contributed by atoms with Gasteiger partial charge in [0.15, 0.2) is 11.6 Å². The van der Waals surface area contributed by atoms with Crippen LogP contribution in [-0.2, 0) is 0 Å². The molecular formula is C17H18F2N2O3. The van der Waals surface area contributed by atoms with Gasteiger partial charge in [0.25, 0.3) is 0 Å². The van der Waals surface area contributed by atoms with Crippen LogP contribution in [0.15, 0.2) is 36.4 Å². The number of hydrogen-bond acceptors (Lipinski definition) is 3. The van der Waals surface area contributed by atoms with E-state index < -0.39 is 23.7 Å². The molecule has 1 atom stereocenters. The summed E-state index contributed by atoms with van der Waals surface area (Å²) in [6, 6.07) is 7.42. The van der Waals surface area contributed by atoms with Crippen LogP contribution in [0.4, 0.5) is 19.3 Å². The van der Waals surface area contributed by atoms with Gasteiger partial charge in [-0.2, -0.15) is 0 Å². The molecule has 2 aromatic carbocycles. The Labute approximate surface area is 138 Å². The molecular weight excluding hydrogens is 318 g/mol. The zero-order valence-corrected chi connectivity index (χ0v) is 13.5. The van der Waals surface area contributed by atoms with Gasteiger partial charge in [0.05, 0.1) is 25.9 Å². The third kappa shape index (κ3) is 4.13. The fourth-order valence-corrected chi connectivity index (χ4v) is 2.12. The molecule has 0 fully saturated rings. The van der Waals surface area contributed by atoms with Crippen molar-refractivity contribution in [1.29, 1.82) is 0 Å². The number of rotatable bonds is 5. The molecule has 24 heavy (non-hydrogen) atoms. The molecule has 0 radical (unpaired) electrons. The second-order valence-electron chi connectivity index (χ2n) is 5.06. The number of urea groups is 1. The SMILES string of the molecule is COc1ccc(NC(=O)N[C@H](C)c2ccc(F)c(F)c2)c(OC)c1. The Morgan fingerprint density at radius 2 is 1.79 bits per heavy atom. The number of halogens is 2. The van der Waals surface area contributed by atoms with Crippen molar-refractivity contribution in [3.8, 4) is 11.5 Å². The highest BCUT2D eigenvalue weighted by molar-refractivity contribution is 5.91. The summed E-state index contributed by atoms with van der Waals surface area (Å²) in [6.45, 7) is 1.66. The first-order valence-corrected chi connectivity index (χ1v) is 7.19. The molecule has 2 aromatic rings. The number of carbonyl (C=O) groups excluding carboxylic acids is 1. The maximum Gasteiger partial charge on any atom is 0.319 e. The summed E-state index contributed by atoms with van der Waals surface area (Å²) in [5.74, 6) is -0.866. The van der Waals surface area contributed by atoms with Crippen LogP contribution in [0.2, 0.25) is 0 Å². The summed E-state index contributed by atoms with van der Waals surface area (Å²) in [6.07, 6.45) is 0. The van der Waals surface area contributed by atoms with E-state index in [-0.39, 0.29) is 0 Å². The number of methoxy groups -OCH3 is 2. The average Bonchev–Trinajstić information content (AvgIpc) is 2.57. The predicted octanol–water partition coefficient (Wildman–Crippen LogP) is 3.86. The van der Waals surface area contributed by atoms with Crippen LogP contribution in [0, 0.1) is 11.6 Å². The smallest absolute Gasteiger partial charge is 0.319 e. The van der Waals surface area contributed by atoms with Crippen LogP contribution < -0.4 is 20.1 Å². The van der Waals surface area contributed by atoms with Gasteiger partial charge >= 0.3 is 6.03 Å². The van der Waals surface area contributed by atoms with Gasteiger partial charge in [-0.15, -0.1) is 0 Å². The third-order valence-electron chi connectivity index (χ3n) is 3.45. The van der Waals surface area contributed by atoms with E-state index in [0.717, 1.165) is 12.1 Å². The van der Waals surface area contributed by atoms with E-state index in [1.807, 2.05) is 0 Å². The van der Waals surface area contributed by atoms with Crippen molar-refractivity contribution in [2.24, 2.45) is 0 Å². The summed E-state index contributed by atoms with van der Waals surface area (Å²) in [4.78, 5) is 12.1. The van der Waals surface area contributed by atoms with Crippen LogP contribution in [0.25, 0.3) is 0 Å². The summed E-state index contributed by atoms with van der Waals surface area (Å²) in [5.41, 5.74) is 0.902. The highest BCUT2D eigenvalue weighted by Crippen LogP contribution is 2.29.